The van der Waals surface area contributed by atoms with Crippen molar-refractivity contribution in [3.63, 3.8) is 0 Å². The number of rotatable bonds is 4. The lowest BCUT2D eigenvalue weighted by Gasteiger charge is -2.32. The molecule has 5 nitrogen and oxygen atoms in total. The van der Waals surface area contributed by atoms with Crippen molar-refractivity contribution in [3.8, 4) is 0 Å². The first-order valence-corrected chi connectivity index (χ1v) is 8.02. The SMILES string of the molecule is COC(=O)c1sccc1C=C(CN)B1OC(C)(C)C(C)(C)O1. The molecule has 0 aromatic carbocycles. The van der Waals surface area contributed by atoms with Gasteiger partial charge in [0.25, 0.3) is 0 Å². The molecular formula is C15H22BNO4S. The number of hydrogen-bond donors (Lipinski definition) is 1. The maximum atomic E-state index is 11.8. The molecule has 0 saturated carbocycles. The van der Waals surface area contributed by atoms with Crippen molar-refractivity contribution in [3.05, 3.63) is 27.4 Å². The van der Waals surface area contributed by atoms with Crippen LogP contribution in [0.5, 0.6) is 0 Å². The number of methoxy groups -OCH3 is 1. The van der Waals surface area contributed by atoms with E-state index in [1.807, 2.05) is 45.2 Å². The summed E-state index contributed by atoms with van der Waals surface area (Å²) in [7, 11) is 0.855. The van der Waals surface area contributed by atoms with E-state index < -0.39 is 18.3 Å². The second-order valence-corrected chi connectivity index (χ2v) is 7.12. The Hall–Kier alpha value is -1.15. The molecule has 0 unspecified atom stereocenters. The van der Waals surface area contributed by atoms with E-state index in [9.17, 15) is 4.79 Å². The van der Waals surface area contributed by atoms with Crippen molar-refractivity contribution in [2.75, 3.05) is 13.7 Å². The normalized spacial score (nSPS) is 20.3. The van der Waals surface area contributed by atoms with E-state index in [0.717, 1.165) is 11.0 Å². The van der Waals surface area contributed by atoms with E-state index in [1.54, 1.807) is 0 Å². The van der Waals surface area contributed by atoms with E-state index >= 15 is 0 Å². The van der Waals surface area contributed by atoms with Gasteiger partial charge >= 0.3 is 13.1 Å². The van der Waals surface area contributed by atoms with Gasteiger partial charge in [-0.05, 0) is 50.2 Å². The van der Waals surface area contributed by atoms with Crippen LogP contribution in [0.1, 0.15) is 42.9 Å². The second kappa shape index (κ2) is 6.16. The summed E-state index contributed by atoms with van der Waals surface area (Å²) < 4.78 is 16.8. The van der Waals surface area contributed by atoms with E-state index in [0.29, 0.717) is 4.88 Å². The zero-order valence-electron chi connectivity index (χ0n) is 13.6. The number of thiophene rings is 1. The van der Waals surface area contributed by atoms with Gasteiger partial charge in [-0.1, -0.05) is 6.08 Å². The van der Waals surface area contributed by atoms with Gasteiger partial charge in [-0.2, -0.15) is 0 Å². The predicted molar refractivity (Wildman–Crippen MR) is 88.8 cm³/mol. The third kappa shape index (κ3) is 3.13. The molecule has 0 spiro atoms. The summed E-state index contributed by atoms with van der Waals surface area (Å²) in [5.74, 6) is -0.355. The molecule has 22 heavy (non-hydrogen) atoms. The van der Waals surface area contributed by atoms with E-state index in [1.165, 1.54) is 18.4 Å². The number of carbonyl (C=O) groups excluding carboxylic acids is 1. The number of carbonyl (C=O) groups is 1. The molecule has 7 heteroatoms. The highest BCUT2D eigenvalue weighted by molar-refractivity contribution is 7.12. The molecule has 0 bridgehead atoms. The fourth-order valence-corrected chi connectivity index (χ4v) is 2.90. The number of hydrogen-bond acceptors (Lipinski definition) is 6. The van der Waals surface area contributed by atoms with Gasteiger partial charge in [0.1, 0.15) is 4.88 Å². The molecule has 0 amide bonds. The Morgan fingerprint density at radius 2 is 1.95 bits per heavy atom. The summed E-state index contributed by atoms with van der Waals surface area (Å²) in [4.78, 5) is 12.3. The topological polar surface area (TPSA) is 70.8 Å². The first kappa shape index (κ1) is 17.2. The zero-order chi connectivity index (χ0) is 16.5. The fourth-order valence-electron chi connectivity index (χ4n) is 2.11. The molecular weight excluding hydrogens is 301 g/mol. The zero-order valence-corrected chi connectivity index (χ0v) is 14.5. The highest BCUT2D eigenvalue weighted by Crippen LogP contribution is 2.38. The van der Waals surface area contributed by atoms with Crippen molar-refractivity contribution >= 4 is 30.5 Å². The van der Waals surface area contributed by atoms with Gasteiger partial charge < -0.3 is 19.8 Å². The number of ether oxygens (including phenoxy) is 1. The number of esters is 1. The third-order valence-electron chi connectivity index (χ3n) is 4.20. The van der Waals surface area contributed by atoms with Crippen LogP contribution < -0.4 is 5.73 Å². The maximum Gasteiger partial charge on any atom is 0.491 e. The third-order valence-corrected chi connectivity index (χ3v) is 5.11. The predicted octanol–water partition coefficient (Wildman–Crippen LogP) is 2.51. The van der Waals surface area contributed by atoms with Gasteiger partial charge in [-0.25, -0.2) is 4.79 Å². The Labute approximate surface area is 135 Å². The minimum absolute atomic E-state index is 0.285. The second-order valence-electron chi connectivity index (χ2n) is 6.21. The molecule has 1 saturated heterocycles. The van der Waals surface area contributed by atoms with Crippen molar-refractivity contribution in [2.45, 2.75) is 38.9 Å². The van der Waals surface area contributed by atoms with E-state index in [2.05, 4.69) is 0 Å². The average Bonchev–Trinajstić information content (AvgIpc) is 2.97. The van der Waals surface area contributed by atoms with Crippen molar-refractivity contribution < 1.29 is 18.8 Å². The van der Waals surface area contributed by atoms with Crippen LogP contribution in [0.4, 0.5) is 0 Å². The summed E-state index contributed by atoms with van der Waals surface area (Å²) in [5.41, 5.74) is 6.58. The van der Waals surface area contributed by atoms with E-state index in [-0.39, 0.29) is 12.5 Å². The quantitative estimate of drug-likeness (QED) is 0.681. The monoisotopic (exact) mass is 323 g/mol. The van der Waals surface area contributed by atoms with E-state index in [4.69, 9.17) is 19.8 Å². The minimum Gasteiger partial charge on any atom is -0.465 e. The average molecular weight is 323 g/mol. The summed E-state index contributed by atoms with van der Waals surface area (Å²) in [6.07, 6.45) is 1.85. The number of nitrogens with two attached hydrogens (primary N) is 1. The Morgan fingerprint density at radius 1 is 1.36 bits per heavy atom. The molecule has 120 valence electrons. The van der Waals surface area contributed by atoms with Gasteiger partial charge in [0.05, 0.1) is 18.3 Å². The van der Waals surface area contributed by atoms with Crippen LogP contribution in [0, 0.1) is 0 Å². The minimum atomic E-state index is -0.514. The first-order chi connectivity index (χ1) is 10.2. The Balaban J connectivity index is 2.30. The summed E-state index contributed by atoms with van der Waals surface area (Å²) in [5, 5.41) is 1.84. The van der Waals surface area contributed by atoms with Crippen LogP contribution in [0.25, 0.3) is 6.08 Å². The fraction of sp³-hybridized carbons (Fsp3) is 0.533. The maximum absolute atomic E-state index is 11.8. The lowest BCUT2D eigenvalue weighted by Crippen LogP contribution is -2.41. The Bertz CT molecular complexity index is 578. The Kier molecular flexibility index (Phi) is 4.82. The molecule has 0 atom stereocenters. The van der Waals surface area contributed by atoms with Crippen LogP contribution in [-0.4, -0.2) is 37.9 Å². The van der Waals surface area contributed by atoms with Crippen LogP contribution in [0.2, 0.25) is 0 Å². The van der Waals surface area contributed by atoms with Crippen LogP contribution in [0.3, 0.4) is 0 Å². The van der Waals surface area contributed by atoms with Crippen molar-refractivity contribution in [1.82, 2.24) is 0 Å². The summed E-state index contributed by atoms with van der Waals surface area (Å²) in [6.45, 7) is 8.25. The highest BCUT2D eigenvalue weighted by atomic mass is 32.1. The van der Waals surface area contributed by atoms with Crippen LogP contribution in [-0.2, 0) is 14.0 Å². The van der Waals surface area contributed by atoms with Crippen LogP contribution in [0.15, 0.2) is 16.9 Å². The molecule has 1 aromatic heterocycles. The molecule has 1 aliphatic rings. The molecule has 1 fully saturated rings. The molecule has 2 rings (SSSR count). The van der Waals surface area contributed by atoms with Gasteiger partial charge in [0.15, 0.2) is 0 Å². The van der Waals surface area contributed by atoms with Gasteiger partial charge in [-0.3, -0.25) is 0 Å². The summed E-state index contributed by atoms with van der Waals surface area (Å²) >= 11 is 1.34. The molecule has 2 N–H and O–H groups in total. The first-order valence-electron chi connectivity index (χ1n) is 7.14. The molecule has 2 heterocycles. The van der Waals surface area contributed by atoms with Crippen molar-refractivity contribution in [1.29, 1.82) is 0 Å². The Morgan fingerprint density at radius 3 is 2.45 bits per heavy atom. The lowest BCUT2D eigenvalue weighted by molar-refractivity contribution is 0.00578. The van der Waals surface area contributed by atoms with Crippen molar-refractivity contribution in [2.24, 2.45) is 5.73 Å². The van der Waals surface area contributed by atoms with Crippen LogP contribution >= 0.6 is 11.3 Å². The molecule has 0 radical (unpaired) electrons. The molecule has 1 aliphatic heterocycles. The lowest BCUT2D eigenvalue weighted by atomic mass is 9.77. The summed E-state index contributed by atoms with van der Waals surface area (Å²) in [6, 6.07) is 1.86. The molecule has 1 aromatic rings. The highest BCUT2D eigenvalue weighted by Gasteiger charge is 2.52. The largest absolute Gasteiger partial charge is 0.491 e. The standard InChI is InChI=1S/C15H22BNO4S/c1-14(2)15(3,4)21-16(20-14)11(9-17)8-10-6-7-22-12(10)13(18)19-5/h6-8H,9,17H2,1-5H3. The van der Waals surface area contributed by atoms with Gasteiger partial charge in [-0.15, -0.1) is 11.3 Å². The van der Waals surface area contributed by atoms with Gasteiger partial charge in [0.2, 0.25) is 0 Å². The van der Waals surface area contributed by atoms with Gasteiger partial charge in [0, 0.05) is 6.54 Å². The smallest absolute Gasteiger partial charge is 0.465 e. The molecule has 0 aliphatic carbocycles.